The molecule has 2 aromatic rings. The lowest BCUT2D eigenvalue weighted by Gasteiger charge is -2.19. The van der Waals surface area contributed by atoms with Crippen molar-refractivity contribution in [3.63, 3.8) is 0 Å². The lowest BCUT2D eigenvalue weighted by molar-refractivity contribution is 0.0693. The van der Waals surface area contributed by atoms with Crippen LogP contribution < -0.4 is 4.74 Å². The van der Waals surface area contributed by atoms with Crippen LogP contribution in [0.15, 0.2) is 24.3 Å². The highest BCUT2D eigenvalue weighted by atomic mass is 16.5. The molecule has 21 heavy (non-hydrogen) atoms. The predicted molar refractivity (Wildman–Crippen MR) is 79.8 cm³/mol. The molecule has 0 saturated carbocycles. The Morgan fingerprint density at radius 1 is 1.29 bits per heavy atom. The molecular weight excluding hydrogens is 268 g/mol. The van der Waals surface area contributed by atoms with Gasteiger partial charge in [0.25, 0.3) is 0 Å². The van der Waals surface area contributed by atoms with E-state index >= 15 is 0 Å². The molecule has 0 aliphatic rings. The number of H-pyrrole nitrogens is 1. The van der Waals surface area contributed by atoms with Gasteiger partial charge in [-0.2, -0.15) is 5.10 Å². The summed E-state index contributed by atoms with van der Waals surface area (Å²) in [5.74, 6) is -0.303. The number of aromatic carboxylic acids is 1. The van der Waals surface area contributed by atoms with Crippen LogP contribution in [0.2, 0.25) is 0 Å². The molecule has 0 bridgehead atoms. The molecule has 0 saturated heterocycles. The Labute approximate surface area is 124 Å². The first-order chi connectivity index (χ1) is 9.79. The zero-order valence-corrected chi connectivity index (χ0v) is 12.7. The molecule has 0 spiro atoms. The van der Waals surface area contributed by atoms with Crippen LogP contribution in [0.3, 0.4) is 0 Å². The van der Waals surface area contributed by atoms with Crippen LogP contribution in [-0.4, -0.2) is 21.3 Å². The summed E-state index contributed by atoms with van der Waals surface area (Å²) < 4.78 is 5.62. The summed E-state index contributed by atoms with van der Waals surface area (Å²) in [6, 6.07) is 7.81. The summed E-state index contributed by atoms with van der Waals surface area (Å²) in [6.07, 6.45) is 0. The number of hydrogen-bond donors (Lipinski definition) is 2. The van der Waals surface area contributed by atoms with E-state index in [-0.39, 0.29) is 17.6 Å². The van der Waals surface area contributed by atoms with Crippen LogP contribution in [-0.2, 0) is 12.0 Å². The van der Waals surface area contributed by atoms with E-state index in [0.717, 1.165) is 0 Å². The van der Waals surface area contributed by atoms with E-state index in [1.54, 1.807) is 6.92 Å². The van der Waals surface area contributed by atoms with Crippen LogP contribution >= 0.6 is 0 Å². The van der Waals surface area contributed by atoms with E-state index in [0.29, 0.717) is 17.1 Å². The number of aromatic nitrogens is 2. The minimum absolute atomic E-state index is 0.0916. The van der Waals surface area contributed by atoms with E-state index in [1.807, 2.05) is 24.3 Å². The maximum absolute atomic E-state index is 11.2. The molecule has 0 aliphatic carbocycles. The maximum atomic E-state index is 11.2. The summed E-state index contributed by atoms with van der Waals surface area (Å²) in [7, 11) is 0. The average Bonchev–Trinajstić information content (AvgIpc) is 2.77. The Bertz CT molecular complexity index is 637. The fourth-order valence-corrected chi connectivity index (χ4v) is 2.07. The third-order valence-corrected chi connectivity index (χ3v) is 3.33. The Hall–Kier alpha value is -2.30. The van der Waals surface area contributed by atoms with Crippen LogP contribution in [0, 0.1) is 6.92 Å². The van der Waals surface area contributed by atoms with Crippen molar-refractivity contribution in [3.05, 3.63) is 46.8 Å². The van der Waals surface area contributed by atoms with Crippen molar-refractivity contribution in [2.24, 2.45) is 0 Å². The van der Waals surface area contributed by atoms with E-state index in [2.05, 4.69) is 31.0 Å². The molecule has 0 unspecified atom stereocenters. The number of aryl methyl sites for hydroxylation is 1. The molecule has 1 aromatic heterocycles. The molecule has 0 fully saturated rings. The lowest BCUT2D eigenvalue weighted by atomic mass is 9.87. The first kappa shape index (κ1) is 15.1. The van der Waals surface area contributed by atoms with E-state index in [9.17, 15) is 4.79 Å². The number of rotatable bonds is 4. The molecule has 0 aliphatic heterocycles. The van der Waals surface area contributed by atoms with Gasteiger partial charge < -0.3 is 9.84 Å². The Kier molecular flexibility index (Phi) is 4.02. The van der Waals surface area contributed by atoms with Gasteiger partial charge in [0.1, 0.15) is 23.6 Å². The number of carbonyl (C=O) groups is 1. The minimum atomic E-state index is -0.997. The van der Waals surface area contributed by atoms with Crippen molar-refractivity contribution in [2.75, 3.05) is 0 Å². The van der Waals surface area contributed by atoms with Crippen molar-refractivity contribution >= 4 is 5.97 Å². The molecule has 2 N–H and O–H groups in total. The van der Waals surface area contributed by atoms with Gasteiger partial charge in [-0.3, -0.25) is 5.10 Å². The van der Waals surface area contributed by atoms with E-state index in [4.69, 9.17) is 9.84 Å². The number of nitrogens with zero attached hydrogens (tertiary/aromatic N) is 1. The number of aromatic amines is 1. The third-order valence-electron chi connectivity index (χ3n) is 3.33. The molecule has 112 valence electrons. The van der Waals surface area contributed by atoms with Gasteiger partial charge in [-0.1, -0.05) is 32.9 Å². The van der Waals surface area contributed by atoms with Gasteiger partial charge in [-0.15, -0.1) is 0 Å². The largest absolute Gasteiger partial charge is 0.487 e. The number of hydrogen-bond acceptors (Lipinski definition) is 3. The Morgan fingerprint density at radius 3 is 2.43 bits per heavy atom. The second-order valence-corrected chi connectivity index (χ2v) is 6.04. The molecule has 0 amide bonds. The van der Waals surface area contributed by atoms with Crippen LogP contribution in [0.4, 0.5) is 0 Å². The van der Waals surface area contributed by atoms with Gasteiger partial charge in [-0.25, -0.2) is 4.79 Å². The molecule has 2 rings (SSSR count). The van der Waals surface area contributed by atoms with Gasteiger partial charge in [0.15, 0.2) is 0 Å². The van der Waals surface area contributed by atoms with Crippen molar-refractivity contribution < 1.29 is 14.6 Å². The quantitative estimate of drug-likeness (QED) is 0.905. The number of ether oxygens (including phenoxy) is 1. The normalized spacial score (nSPS) is 11.4. The molecule has 0 atom stereocenters. The topological polar surface area (TPSA) is 75.2 Å². The van der Waals surface area contributed by atoms with Gasteiger partial charge in [0.05, 0.1) is 0 Å². The van der Waals surface area contributed by atoms with E-state index in [1.165, 1.54) is 5.56 Å². The molecule has 1 heterocycles. The number of nitrogens with one attached hydrogen (secondary N) is 1. The molecule has 0 radical (unpaired) electrons. The third kappa shape index (κ3) is 3.42. The Morgan fingerprint density at radius 2 is 1.90 bits per heavy atom. The SMILES string of the molecule is Cc1[nH]nc(COc2ccc(C(C)(C)C)cc2)c1C(=O)O. The monoisotopic (exact) mass is 288 g/mol. The lowest BCUT2D eigenvalue weighted by Crippen LogP contribution is -2.10. The number of carboxylic acids is 1. The summed E-state index contributed by atoms with van der Waals surface area (Å²) in [4.78, 5) is 11.2. The summed E-state index contributed by atoms with van der Waals surface area (Å²) >= 11 is 0. The van der Waals surface area contributed by atoms with Crippen molar-refractivity contribution in [2.45, 2.75) is 39.7 Å². The second-order valence-electron chi connectivity index (χ2n) is 6.04. The predicted octanol–water partition coefficient (Wildman–Crippen LogP) is 3.29. The fourth-order valence-electron chi connectivity index (χ4n) is 2.07. The standard InChI is InChI=1S/C16H20N2O3/c1-10-14(15(19)20)13(18-17-10)9-21-12-7-5-11(6-8-12)16(2,3)4/h5-8H,9H2,1-4H3,(H,17,18)(H,19,20). The van der Waals surface area contributed by atoms with Crippen LogP contribution in [0.5, 0.6) is 5.75 Å². The zero-order valence-electron chi connectivity index (χ0n) is 12.7. The van der Waals surface area contributed by atoms with Crippen molar-refractivity contribution in [1.82, 2.24) is 10.2 Å². The highest BCUT2D eigenvalue weighted by molar-refractivity contribution is 5.90. The van der Waals surface area contributed by atoms with Crippen molar-refractivity contribution in [3.8, 4) is 5.75 Å². The zero-order chi connectivity index (χ0) is 15.6. The second kappa shape index (κ2) is 5.60. The Balaban J connectivity index is 2.09. The average molecular weight is 288 g/mol. The first-order valence-electron chi connectivity index (χ1n) is 6.79. The summed E-state index contributed by atoms with van der Waals surface area (Å²) in [6.45, 7) is 8.25. The highest BCUT2D eigenvalue weighted by Gasteiger charge is 2.17. The number of carboxylic acid groups (broad SMARTS) is 1. The van der Waals surface area contributed by atoms with E-state index < -0.39 is 5.97 Å². The maximum Gasteiger partial charge on any atom is 0.339 e. The number of benzene rings is 1. The summed E-state index contributed by atoms with van der Waals surface area (Å²) in [5.41, 5.74) is 2.43. The molecule has 1 aromatic carbocycles. The minimum Gasteiger partial charge on any atom is -0.487 e. The van der Waals surface area contributed by atoms with Gasteiger partial charge in [0.2, 0.25) is 0 Å². The smallest absolute Gasteiger partial charge is 0.339 e. The molecule has 5 nitrogen and oxygen atoms in total. The molecular formula is C16H20N2O3. The fraction of sp³-hybridized carbons (Fsp3) is 0.375. The van der Waals surface area contributed by atoms with Crippen LogP contribution in [0.1, 0.15) is 48.1 Å². The summed E-state index contributed by atoms with van der Waals surface area (Å²) in [5, 5.41) is 15.8. The van der Waals surface area contributed by atoms with Gasteiger partial charge in [-0.05, 0) is 30.0 Å². The molecule has 5 heteroatoms. The first-order valence-corrected chi connectivity index (χ1v) is 6.79. The highest BCUT2D eigenvalue weighted by Crippen LogP contribution is 2.24. The van der Waals surface area contributed by atoms with Crippen molar-refractivity contribution in [1.29, 1.82) is 0 Å². The van der Waals surface area contributed by atoms with Crippen LogP contribution in [0.25, 0.3) is 0 Å². The van der Waals surface area contributed by atoms with Gasteiger partial charge >= 0.3 is 5.97 Å². The van der Waals surface area contributed by atoms with Gasteiger partial charge in [0, 0.05) is 5.69 Å².